The standard InChI is InChI=1S/C11H17N3O2/c1-2-8(1)7-15-4-3-10-13-11(16-14-10)9-5-12-6-9/h8-9,12H,1-7H2. The van der Waals surface area contributed by atoms with Crippen molar-refractivity contribution in [2.75, 3.05) is 26.3 Å². The lowest BCUT2D eigenvalue weighted by molar-refractivity contribution is 0.125. The maximum atomic E-state index is 5.54. The lowest BCUT2D eigenvalue weighted by Crippen LogP contribution is -2.40. The Morgan fingerprint density at radius 3 is 2.94 bits per heavy atom. The number of hydrogen-bond donors (Lipinski definition) is 1. The minimum atomic E-state index is 0.425. The fourth-order valence-corrected chi connectivity index (χ4v) is 1.70. The van der Waals surface area contributed by atoms with Crippen molar-refractivity contribution < 1.29 is 9.26 Å². The lowest BCUT2D eigenvalue weighted by atomic mass is 10.0. The van der Waals surface area contributed by atoms with E-state index in [1.165, 1.54) is 12.8 Å². The maximum Gasteiger partial charge on any atom is 0.232 e. The van der Waals surface area contributed by atoms with Gasteiger partial charge in [0.15, 0.2) is 5.82 Å². The van der Waals surface area contributed by atoms with Crippen LogP contribution in [0.15, 0.2) is 4.52 Å². The van der Waals surface area contributed by atoms with Gasteiger partial charge in [-0.25, -0.2) is 0 Å². The van der Waals surface area contributed by atoms with E-state index in [0.717, 1.165) is 43.8 Å². The first kappa shape index (κ1) is 10.2. The molecule has 0 bridgehead atoms. The first-order chi connectivity index (χ1) is 7.92. The Bertz CT molecular complexity index is 345. The molecular formula is C11H17N3O2. The van der Waals surface area contributed by atoms with Gasteiger partial charge in [-0.2, -0.15) is 4.98 Å². The topological polar surface area (TPSA) is 60.2 Å². The first-order valence-corrected chi connectivity index (χ1v) is 6.03. The molecule has 2 aliphatic rings. The molecule has 1 aromatic heterocycles. The third-order valence-corrected chi connectivity index (χ3v) is 3.13. The molecule has 0 atom stereocenters. The quantitative estimate of drug-likeness (QED) is 0.720. The zero-order valence-corrected chi connectivity index (χ0v) is 9.32. The highest BCUT2D eigenvalue weighted by atomic mass is 16.5. The Labute approximate surface area is 94.6 Å². The molecule has 1 aromatic rings. The summed E-state index contributed by atoms with van der Waals surface area (Å²) in [6.07, 6.45) is 3.43. The molecule has 5 heteroatoms. The average molecular weight is 223 g/mol. The molecule has 0 unspecified atom stereocenters. The fourth-order valence-electron chi connectivity index (χ4n) is 1.70. The highest BCUT2D eigenvalue weighted by Crippen LogP contribution is 2.28. The molecule has 2 heterocycles. The first-order valence-electron chi connectivity index (χ1n) is 6.03. The van der Waals surface area contributed by atoms with Crippen LogP contribution < -0.4 is 5.32 Å². The van der Waals surface area contributed by atoms with Gasteiger partial charge in [-0.3, -0.25) is 0 Å². The second-order valence-electron chi connectivity index (χ2n) is 4.67. The Hall–Kier alpha value is -0.940. The zero-order valence-electron chi connectivity index (χ0n) is 9.32. The average Bonchev–Trinajstić information content (AvgIpc) is 2.92. The zero-order chi connectivity index (χ0) is 10.8. The summed E-state index contributed by atoms with van der Waals surface area (Å²) < 4.78 is 10.7. The van der Waals surface area contributed by atoms with Crippen LogP contribution in [0.1, 0.15) is 30.5 Å². The Kier molecular flexibility index (Phi) is 2.88. The highest BCUT2D eigenvalue weighted by Gasteiger charge is 2.25. The van der Waals surface area contributed by atoms with Crippen molar-refractivity contribution in [2.45, 2.75) is 25.2 Å². The van der Waals surface area contributed by atoms with E-state index in [0.29, 0.717) is 12.5 Å². The fraction of sp³-hybridized carbons (Fsp3) is 0.818. The maximum absolute atomic E-state index is 5.54. The normalized spacial score (nSPS) is 21.0. The summed E-state index contributed by atoms with van der Waals surface area (Å²) in [6.45, 7) is 3.52. The molecule has 3 rings (SSSR count). The molecule has 16 heavy (non-hydrogen) atoms. The van der Waals surface area contributed by atoms with Crippen molar-refractivity contribution >= 4 is 0 Å². The van der Waals surface area contributed by atoms with Gasteiger partial charge in [0.05, 0.1) is 12.5 Å². The van der Waals surface area contributed by atoms with Crippen molar-refractivity contribution in [3.05, 3.63) is 11.7 Å². The minimum absolute atomic E-state index is 0.425. The van der Waals surface area contributed by atoms with Crippen molar-refractivity contribution in [1.29, 1.82) is 0 Å². The number of nitrogens with one attached hydrogen (secondary N) is 1. The molecule has 0 spiro atoms. The molecule has 0 amide bonds. The van der Waals surface area contributed by atoms with Crippen molar-refractivity contribution in [1.82, 2.24) is 15.5 Å². The van der Waals surface area contributed by atoms with Gasteiger partial charge < -0.3 is 14.6 Å². The summed E-state index contributed by atoms with van der Waals surface area (Å²) in [4.78, 5) is 4.37. The molecule has 1 aliphatic heterocycles. The van der Waals surface area contributed by atoms with Crippen LogP contribution in [0.5, 0.6) is 0 Å². The molecular weight excluding hydrogens is 206 g/mol. The van der Waals surface area contributed by atoms with Crippen LogP contribution in [-0.2, 0) is 11.2 Å². The minimum Gasteiger partial charge on any atom is -0.381 e. The number of ether oxygens (including phenoxy) is 1. The summed E-state index contributed by atoms with van der Waals surface area (Å²) in [5, 5.41) is 7.15. The molecule has 1 N–H and O–H groups in total. The largest absolute Gasteiger partial charge is 0.381 e. The summed E-state index contributed by atoms with van der Waals surface area (Å²) in [7, 11) is 0. The molecule has 5 nitrogen and oxygen atoms in total. The van der Waals surface area contributed by atoms with E-state index in [1.54, 1.807) is 0 Å². The van der Waals surface area contributed by atoms with Crippen LogP contribution >= 0.6 is 0 Å². The summed E-state index contributed by atoms with van der Waals surface area (Å²) in [5.41, 5.74) is 0. The Morgan fingerprint density at radius 1 is 1.38 bits per heavy atom. The van der Waals surface area contributed by atoms with E-state index in [1.807, 2.05) is 0 Å². The van der Waals surface area contributed by atoms with Gasteiger partial charge in [0.25, 0.3) is 0 Å². The third kappa shape index (κ3) is 2.41. The third-order valence-electron chi connectivity index (χ3n) is 3.13. The second kappa shape index (κ2) is 4.51. The van der Waals surface area contributed by atoms with E-state index in [9.17, 15) is 0 Å². The van der Waals surface area contributed by atoms with Gasteiger partial charge in [-0.15, -0.1) is 0 Å². The predicted octanol–water partition coefficient (Wildman–Crippen LogP) is 0.725. The molecule has 1 saturated carbocycles. The van der Waals surface area contributed by atoms with Crippen molar-refractivity contribution in [3.8, 4) is 0 Å². The van der Waals surface area contributed by atoms with E-state index < -0.39 is 0 Å². The highest BCUT2D eigenvalue weighted by molar-refractivity contribution is 5.00. The van der Waals surface area contributed by atoms with Gasteiger partial charge in [0, 0.05) is 26.1 Å². The molecule has 88 valence electrons. The summed E-state index contributed by atoms with van der Waals surface area (Å²) >= 11 is 0. The number of hydrogen-bond acceptors (Lipinski definition) is 5. The van der Waals surface area contributed by atoms with Crippen LogP contribution in [0.3, 0.4) is 0 Å². The van der Waals surface area contributed by atoms with Crippen LogP contribution in [0.2, 0.25) is 0 Å². The van der Waals surface area contributed by atoms with Gasteiger partial charge in [-0.05, 0) is 18.8 Å². The van der Waals surface area contributed by atoms with Gasteiger partial charge in [0.2, 0.25) is 5.89 Å². The lowest BCUT2D eigenvalue weighted by Gasteiger charge is -2.22. The van der Waals surface area contributed by atoms with Gasteiger partial charge in [-0.1, -0.05) is 5.16 Å². The smallest absolute Gasteiger partial charge is 0.232 e. The van der Waals surface area contributed by atoms with Crippen LogP contribution in [-0.4, -0.2) is 36.4 Å². The summed E-state index contributed by atoms with van der Waals surface area (Å²) in [6, 6.07) is 0. The van der Waals surface area contributed by atoms with Crippen LogP contribution in [0.4, 0.5) is 0 Å². The van der Waals surface area contributed by atoms with Gasteiger partial charge in [0.1, 0.15) is 0 Å². The van der Waals surface area contributed by atoms with E-state index >= 15 is 0 Å². The van der Waals surface area contributed by atoms with Gasteiger partial charge >= 0.3 is 0 Å². The number of aromatic nitrogens is 2. The molecule has 2 fully saturated rings. The summed E-state index contributed by atoms with van der Waals surface area (Å²) in [5.74, 6) is 2.80. The molecule has 1 saturated heterocycles. The van der Waals surface area contributed by atoms with E-state index in [-0.39, 0.29) is 0 Å². The molecule has 1 aliphatic carbocycles. The van der Waals surface area contributed by atoms with E-state index in [2.05, 4.69) is 15.5 Å². The monoisotopic (exact) mass is 223 g/mol. The Balaban J connectivity index is 1.40. The number of rotatable bonds is 6. The molecule has 0 aromatic carbocycles. The van der Waals surface area contributed by atoms with Crippen molar-refractivity contribution in [3.63, 3.8) is 0 Å². The second-order valence-corrected chi connectivity index (χ2v) is 4.67. The van der Waals surface area contributed by atoms with E-state index in [4.69, 9.17) is 9.26 Å². The number of nitrogens with zero attached hydrogens (tertiary/aromatic N) is 2. The molecule has 0 radical (unpaired) electrons. The van der Waals surface area contributed by atoms with Crippen LogP contribution in [0, 0.1) is 5.92 Å². The van der Waals surface area contributed by atoms with Crippen molar-refractivity contribution in [2.24, 2.45) is 5.92 Å². The predicted molar refractivity (Wildman–Crippen MR) is 57.2 cm³/mol. The van der Waals surface area contributed by atoms with Crippen LogP contribution in [0.25, 0.3) is 0 Å². The SMILES string of the molecule is C(Cc1noc(C2CNC2)n1)OCC1CC1. The Morgan fingerprint density at radius 2 is 2.25 bits per heavy atom.